The molecule has 2 aromatic rings. The molecule has 3 rings (SSSR count). The van der Waals surface area contributed by atoms with Gasteiger partial charge in [-0.2, -0.15) is 0 Å². The summed E-state index contributed by atoms with van der Waals surface area (Å²) in [4.78, 5) is 36.2. The summed E-state index contributed by atoms with van der Waals surface area (Å²) < 4.78 is 10.6. The molecule has 1 aliphatic rings. The number of rotatable bonds is 7. The zero-order chi connectivity index (χ0) is 21.0. The number of fused-ring (bicyclic) bond motifs is 1. The van der Waals surface area contributed by atoms with Gasteiger partial charge in [0, 0.05) is 17.0 Å². The van der Waals surface area contributed by atoms with Crippen LogP contribution in [0.1, 0.15) is 53.4 Å². The zero-order valence-electron chi connectivity index (χ0n) is 16.2. The van der Waals surface area contributed by atoms with E-state index >= 15 is 0 Å². The van der Waals surface area contributed by atoms with Crippen molar-refractivity contribution >= 4 is 33.9 Å². The van der Waals surface area contributed by atoms with E-state index in [1.807, 2.05) is 0 Å². The predicted octanol–water partition coefficient (Wildman–Crippen LogP) is 4.29. The quantitative estimate of drug-likeness (QED) is 0.408. The number of benzene rings is 1. The smallest absolute Gasteiger partial charge is 0.341 e. The Morgan fingerprint density at radius 2 is 2.03 bits per heavy atom. The summed E-state index contributed by atoms with van der Waals surface area (Å²) in [6.45, 7) is 3.81. The van der Waals surface area contributed by atoms with Gasteiger partial charge in [0.1, 0.15) is 10.8 Å². The number of non-ortho nitro benzene ring substituents is 1. The van der Waals surface area contributed by atoms with Gasteiger partial charge < -0.3 is 14.8 Å². The van der Waals surface area contributed by atoms with Crippen molar-refractivity contribution < 1.29 is 24.0 Å². The molecule has 0 aliphatic heterocycles. The highest BCUT2D eigenvalue weighted by molar-refractivity contribution is 7.17. The molecule has 1 unspecified atom stereocenters. The Morgan fingerprint density at radius 3 is 2.69 bits per heavy atom. The van der Waals surface area contributed by atoms with Gasteiger partial charge in [-0.05, 0) is 49.8 Å². The highest BCUT2D eigenvalue weighted by atomic mass is 32.1. The summed E-state index contributed by atoms with van der Waals surface area (Å²) in [6, 6.07) is 5.48. The molecule has 1 atom stereocenters. The van der Waals surface area contributed by atoms with Gasteiger partial charge in [-0.25, -0.2) is 4.79 Å². The summed E-state index contributed by atoms with van der Waals surface area (Å²) in [5.74, 6) is -0.266. The number of anilines is 1. The maximum atomic E-state index is 12.5. The Bertz CT molecular complexity index is 922. The van der Waals surface area contributed by atoms with Crippen LogP contribution in [0.5, 0.6) is 5.75 Å². The van der Waals surface area contributed by atoms with Gasteiger partial charge in [-0.3, -0.25) is 14.9 Å². The SMILES string of the molecule is CCOC(=O)c1c(NC(=O)COc2ccc([N+](=O)[O-])cc2)sc2c1C(C)CCC2. The van der Waals surface area contributed by atoms with E-state index in [9.17, 15) is 19.7 Å². The maximum absolute atomic E-state index is 12.5. The summed E-state index contributed by atoms with van der Waals surface area (Å²) in [7, 11) is 0. The van der Waals surface area contributed by atoms with Crippen LogP contribution in [0.3, 0.4) is 0 Å². The van der Waals surface area contributed by atoms with Crippen LogP contribution in [0.25, 0.3) is 0 Å². The van der Waals surface area contributed by atoms with E-state index in [0.29, 0.717) is 16.3 Å². The lowest BCUT2D eigenvalue weighted by Gasteiger charge is -2.19. The second-order valence-corrected chi connectivity index (χ2v) is 7.85. The normalized spacial score (nSPS) is 15.3. The van der Waals surface area contributed by atoms with Crippen molar-refractivity contribution in [3.63, 3.8) is 0 Å². The van der Waals surface area contributed by atoms with E-state index in [-0.39, 0.29) is 24.8 Å². The average molecular weight is 418 g/mol. The number of hydrogen-bond donors (Lipinski definition) is 1. The Labute approximate surface area is 172 Å². The molecule has 1 aliphatic carbocycles. The van der Waals surface area contributed by atoms with Gasteiger partial charge in [0.2, 0.25) is 0 Å². The fraction of sp³-hybridized carbons (Fsp3) is 0.400. The van der Waals surface area contributed by atoms with E-state index in [1.54, 1.807) is 6.92 Å². The largest absolute Gasteiger partial charge is 0.484 e. The fourth-order valence-corrected chi connectivity index (χ4v) is 4.75. The van der Waals surface area contributed by atoms with Crippen LogP contribution >= 0.6 is 11.3 Å². The first-order chi connectivity index (χ1) is 13.9. The van der Waals surface area contributed by atoms with E-state index < -0.39 is 16.8 Å². The number of ether oxygens (including phenoxy) is 2. The molecular formula is C20H22N2O6S. The lowest BCUT2D eigenvalue weighted by Crippen LogP contribution is -2.21. The summed E-state index contributed by atoms with van der Waals surface area (Å²) in [5, 5.41) is 13.9. The lowest BCUT2D eigenvalue weighted by molar-refractivity contribution is -0.384. The number of esters is 1. The Balaban J connectivity index is 1.72. The Hall–Kier alpha value is -2.94. The number of nitrogens with zero attached hydrogens (tertiary/aromatic N) is 1. The molecule has 1 aromatic carbocycles. The number of nitro groups is 1. The standard InChI is InChI=1S/C20H22N2O6S/c1-3-27-20(24)18-17-12(2)5-4-6-15(17)29-19(18)21-16(23)11-28-14-9-7-13(8-10-14)22(25)26/h7-10,12H,3-6,11H2,1-2H3,(H,21,23). The van der Waals surface area contributed by atoms with Gasteiger partial charge in [0.05, 0.1) is 17.1 Å². The van der Waals surface area contributed by atoms with Gasteiger partial charge in [-0.1, -0.05) is 6.92 Å². The molecule has 0 fully saturated rings. The van der Waals surface area contributed by atoms with E-state index in [1.165, 1.54) is 35.6 Å². The number of hydrogen-bond acceptors (Lipinski definition) is 7. The molecule has 0 bridgehead atoms. The van der Waals surface area contributed by atoms with Crippen LogP contribution in [-0.4, -0.2) is 30.0 Å². The molecule has 1 N–H and O–H groups in total. The van der Waals surface area contributed by atoms with Crippen molar-refractivity contribution in [2.45, 2.75) is 39.0 Å². The minimum absolute atomic E-state index is 0.0563. The molecule has 8 nitrogen and oxygen atoms in total. The van der Waals surface area contributed by atoms with Gasteiger partial charge in [0.15, 0.2) is 6.61 Å². The number of thiophene rings is 1. The van der Waals surface area contributed by atoms with Crippen molar-refractivity contribution in [2.24, 2.45) is 0 Å². The average Bonchev–Trinajstić information content (AvgIpc) is 3.06. The number of carbonyl (C=O) groups excluding carboxylic acids is 2. The fourth-order valence-electron chi connectivity index (χ4n) is 3.38. The third-order valence-electron chi connectivity index (χ3n) is 4.71. The van der Waals surface area contributed by atoms with E-state index in [4.69, 9.17) is 9.47 Å². The molecule has 0 radical (unpaired) electrons. The minimum Gasteiger partial charge on any atom is -0.484 e. The minimum atomic E-state index is -0.507. The number of amides is 1. The second-order valence-electron chi connectivity index (χ2n) is 6.74. The molecule has 0 saturated heterocycles. The first-order valence-electron chi connectivity index (χ1n) is 9.40. The van der Waals surface area contributed by atoms with Crippen LogP contribution in [0.15, 0.2) is 24.3 Å². The van der Waals surface area contributed by atoms with Crippen LogP contribution in [0.4, 0.5) is 10.7 Å². The first-order valence-corrected chi connectivity index (χ1v) is 10.2. The number of nitro benzene ring substituents is 1. The predicted molar refractivity (Wildman–Crippen MR) is 109 cm³/mol. The van der Waals surface area contributed by atoms with Crippen molar-refractivity contribution in [3.8, 4) is 5.75 Å². The zero-order valence-corrected chi connectivity index (χ0v) is 17.0. The van der Waals surface area contributed by atoms with E-state index in [0.717, 1.165) is 29.7 Å². The Kier molecular flexibility index (Phi) is 6.48. The highest BCUT2D eigenvalue weighted by Gasteiger charge is 2.30. The van der Waals surface area contributed by atoms with Crippen LogP contribution in [0, 0.1) is 10.1 Å². The third-order valence-corrected chi connectivity index (χ3v) is 5.89. The second kappa shape index (κ2) is 9.04. The number of carbonyl (C=O) groups is 2. The number of nitrogens with one attached hydrogen (secondary N) is 1. The molecule has 1 heterocycles. The summed E-state index contributed by atoms with van der Waals surface area (Å²) in [5.41, 5.74) is 1.37. The van der Waals surface area contributed by atoms with Crippen molar-refractivity contribution in [1.29, 1.82) is 0 Å². The lowest BCUT2D eigenvalue weighted by atomic mass is 9.86. The summed E-state index contributed by atoms with van der Waals surface area (Å²) in [6.07, 6.45) is 2.92. The van der Waals surface area contributed by atoms with Crippen LogP contribution in [-0.2, 0) is 16.0 Å². The molecule has 1 amide bonds. The van der Waals surface area contributed by atoms with Gasteiger partial charge in [0.25, 0.3) is 11.6 Å². The molecule has 0 spiro atoms. The monoisotopic (exact) mass is 418 g/mol. The Morgan fingerprint density at radius 1 is 1.31 bits per heavy atom. The van der Waals surface area contributed by atoms with Gasteiger partial charge in [-0.15, -0.1) is 11.3 Å². The highest BCUT2D eigenvalue weighted by Crippen LogP contribution is 2.43. The van der Waals surface area contributed by atoms with Crippen molar-refractivity contribution in [3.05, 3.63) is 50.4 Å². The van der Waals surface area contributed by atoms with Crippen LogP contribution < -0.4 is 10.1 Å². The van der Waals surface area contributed by atoms with Crippen LogP contribution in [0.2, 0.25) is 0 Å². The molecule has 154 valence electrons. The molecular weight excluding hydrogens is 396 g/mol. The summed E-state index contributed by atoms with van der Waals surface area (Å²) >= 11 is 1.41. The molecule has 29 heavy (non-hydrogen) atoms. The molecule has 9 heteroatoms. The van der Waals surface area contributed by atoms with Gasteiger partial charge >= 0.3 is 5.97 Å². The van der Waals surface area contributed by atoms with Crippen molar-refractivity contribution in [1.82, 2.24) is 0 Å². The maximum Gasteiger partial charge on any atom is 0.341 e. The molecule has 0 saturated carbocycles. The number of aryl methyl sites for hydroxylation is 1. The van der Waals surface area contributed by atoms with Crippen molar-refractivity contribution in [2.75, 3.05) is 18.5 Å². The van der Waals surface area contributed by atoms with E-state index in [2.05, 4.69) is 12.2 Å². The molecule has 1 aromatic heterocycles. The first kappa shape index (κ1) is 20.8. The topological polar surface area (TPSA) is 108 Å². The third kappa shape index (κ3) is 4.73.